The van der Waals surface area contributed by atoms with Crippen LogP contribution in [0.25, 0.3) is 0 Å². The Hall–Kier alpha value is -2.11. The summed E-state index contributed by atoms with van der Waals surface area (Å²) in [6, 6.07) is 3.15. The van der Waals surface area contributed by atoms with Gasteiger partial charge < -0.3 is 15.7 Å². The summed E-state index contributed by atoms with van der Waals surface area (Å²) in [7, 11) is 0. The Morgan fingerprint density at radius 2 is 2.11 bits per heavy atom. The van der Waals surface area contributed by atoms with Crippen molar-refractivity contribution >= 4 is 17.6 Å². The summed E-state index contributed by atoms with van der Waals surface area (Å²) in [6.45, 7) is 0.490. The SMILES string of the molecule is NC(=O)c1ccc(N2CCCCC2C(=O)O)c(F)c1. The number of benzene rings is 1. The maximum Gasteiger partial charge on any atom is 0.326 e. The van der Waals surface area contributed by atoms with Gasteiger partial charge in [-0.3, -0.25) is 4.79 Å². The highest BCUT2D eigenvalue weighted by atomic mass is 19.1. The average molecular weight is 266 g/mol. The lowest BCUT2D eigenvalue weighted by Gasteiger charge is -2.35. The predicted molar refractivity (Wildman–Crippen MR) is 67.5 cm³/mol. The zero-order valence-electron chi connectivity index (χ0n) is 10.3. The molecule has 0 aliphatic carbocycles. The number of nitrogens with two attached hydrogens (primary N) is 1. The monoisotopic (exact) mass is 266 g/mol. The van der Waals surface area contributed by atoms with Gasteiger partial charge in [0.15, 0.2) is 0 Å². The molecular formula is C13H15FN2O3. The van der Waals surface area contributed by atoms with Crippen molar-refractivity contribution in [3.05, 3.63) is 29.6 Å². The van der Waals surface area contributed by atoms with E-state index < -0.39 is 23.7 Å². The molecule has 1 amide bonds. The standard InChI is InChI=1S/C13H15FN2O3/c14-9-7-8(12(15)17)4-5-10(9)16-6-2-1-3-11(16)13(18)19/h4-5,7,11H,1-3,6H2,(H2,15,17)(H,18,19). The molecule has 1 aromatic carbocycles. The summed E-state index contributed by atoms with van der Waals surface area (Å²) >= 11 is 0. The number of carboxylic acid groups (broad SMARTS) is 1. The normalized spacial score (nSPS) is 19.2. The molecule has 0 aromatic heterocycles. The minimum absolute atomic E-state index is 0.0742. The fourth-order valence-corrected chi connectivity index (χ4v) is 2.37. The molecule has 1 heterocycles. The van der Waals surface area contributed by atoms with Gasteiger partial charge in [-0.15, -0.1) is 0 Å². The molecule has 0 radical (unpaired) electrons. The third-order valence-corrected chi connectivity index (χ3v) is 3.33. The van der Waals surface area contributed by atoms with Crippen LogP contribution in [-0.2, 0) is 4.79 Å². The van der Waals surface area contributed by atoms with Gasteiger partial charge in [-0.05, 0) is 37.5 Å². The second-order valence-corrected chi connectivity index (χ2v) is 4.57. The molecule has 0 spiro atoms. The average Bonchev–Trinajstić information content (AvgIpc) is 2.38. The molecule has 0 saturated carbocycles. The molecule has 1 atom stereocenters. The summed E-state index contributed by atoms with van der Waals surface area (Å²) in [6.07, 6.45) is 2.13. The van der Waals surface area contributed by atoms with Gasteiger partial charge >= 0.3 is 5.97 Å². The van der Waals surface area contributed by atoms with E-state index in [1.807, 2.05) is 0 Å². The first kappa shape index (κ1) is 13.3. The van der Waals surface area contributed by atoms with Crippen LogP contribution < -0.4 is 10.6 Å². The highest BCUT2D eigenvalue weighted by Gasteiger charge is 2.30. The van der Waals surface area contributed by atoms with Gasteiger partial charge in [-0.2, -0.15) is 0 Å². The lowest BCUT2D eigenvalue weighted by Crippen LogP contribution is -2.45. The van der Waals surface area contributed by atoms with Crippen molar-refractivity contribution in [3.8, 4) is 0 Å². The van der Waals surface area contributed by atoms with Gasteiger partial charge in [0.25, 0.3) is 0 Å². The second kappa shape index (κ2) is 5.26. The van der Waals surface area contributed by atoms with Crippen molar-refractivity contribution in [2.45, 2.75) is 25.3 Å². The van der Waals surface area contributed by atoms with E-state index in [1.54, 1.807) is 0 Å². The number of carboxylic acids is 1. The van der Waals surface area contributed by atoms with Crippen molar-refractivity contribution in [1.29, 1.82) is 0 Å². The summed E-state index contributed by atoms with van der Waals surface area (Å²) in [5.74, 6) is -2.29. The first-order valence-electron chi connectivity index (χ1n) is 6.09. The van der Waals surface area contributed by atoms with Crippen LogP contribution in [0.5, 0.6) is 0 Å². The van der Waals surface area contributed by atoms with Gasteiger partial charge in [-0.25, -0.2) is 9.18 Å². The molecular weight excluding hydrogens is 251 g/mol. The number of amides is 1. The molecule has 1 saturated heterocycles. The fourth-order valence-electron chi connectivity index (χ4n) is 2.37. The number of carbonyl (C=O) groups excluding carboxylic acids is 1. The van der Waals surface area contributed by atoms with Crippen molar-refractivity contribution in [2.75, 3.05) is 11.4 Å². The first-order valence-corrected chi connectivity index (χ1v) is 6.09. The Balaban J connectivity index is 2.34. The van der Waals surface area contributed by atoms with Crippen LogP contribution in [0.3, 0.4) is 0 Å². The molecule has 2 rings (SSSR count). The highest BCUT2D eigenvalue weighted by molar-refractivity contribution is 5.93. The molecule has 1 unspecified atom stereocenters. The lowest BCUT2D eigenvalue weighted by molar-refractivity contribution is -0.139. The van der Waals surface area contributed by atoms with Crippen molar-refractivity contribution < 1.29 is 19.1 Å². The van der Waals surface area contributed by atoms with Crippen LogP contribution in [0.4, 0.5) is 10.1 Å². The Kier molecular flexibility index (Phi) is 3.69. The number of carbonyl (C=O) groups is 2. The van der Waals surface area contributed by atoms with E-state index in [0.717, 1.165) is 18.9 Å². The van der Waals surface area contributed by atoms with Crippen LogP contribution in [-0.4, -0.2) is 29.6 Å². The van der Waals surface area contributed by atoms with Gasteiger partial charge in [0.1, 0.15) is 11.9 Å². The molecule has 1 aliphatic heterocycles. The van der Waals surface area contributed by atoms with Crippen LogP contribution >= 0.6 is 0 Å². The van der Waals surface area contributed by atoms with Crippen LogP contribution in [0.1, 0.15) is 29.6 Å². The zero-order valence-corrected chi connectivity index (χ0v) is 10.3. The van der Waals surface area contributed by atoms with Crippen molar-refractivity contribution in [3.63, 3.8) is 0 Å². The zero-order chi connectivity index (χ0) is 14.0. The largest absolute Gasteiger partial charge is 0.480 e. The molecule has 3 N–H and O–H groups in total. The van der Waals surface area contributed by atoms with Gasteiger partial charge in [0.2, 0.25) is 5.91 Å². The number of hydrogen-bond donors (Lipinski definition) is 2. The minimum Gasteiger partial charge on any atom is -0.480 e. The molecule has 1 fully saturated rings. The molecule has 1 aliphatic rings. The van der Waals surface area contributed by atoms with Gasteiger partial charge in [-0.1, -0.05) is 0 Å². The minimum atomic E-state index is -0.960. The third-order valence-electron chi connectivity index (χ3n) is 3.33. The maximum atomic E-state index is 14.0. The van der Waals surface area contributed by atoms with E-state index in [1.165, 1.54) is 17.0 Å². The van der Waals surface area contributed by atoms with Crippen LogP contribution in [0.15, 0.2) is 18.2 Å². The van der Waals surface area contributed by atoms with Gasteiger partial charge in [0, 0.05) is 12.1 Å². The molecule has 102 valence electrons. The first-order chi connectivity index (χ1) is 9.00. The number of anilines is 1. The number of aliphatic carboxylic acids is 1. The van der Waals surface area contributed by atoms with Gasteiger partial charge in [0.05, 0.1) is 5.69 Å². The summed E-state index contributed by atoms with van der Waals surface area (Å²) in [5.41, 5.74) is 5.35. The van der Waals surface area contributed by atoms with E-state index in [0.29, 0.717) is 13.0 Å². The van der Waals surface area contributed by atoms with E-state index in [9.17, 15) is 14.0 Å². The number of rotatable bonds is 3. The lowest BCUT2D eigenvalue weighted by atomic mass is 10.0. The summed E-state index contributed by atoms with van der Waals surface area (Å²) in [4.78, 5) is 23.7. The Morgan fingerprint density at radius 3 is 2.68 bits per heavy atom. The molecule has 19 heavy (non-hydrogen) atoms. The Morgan fingerprint density at radius 1 is 1.37 bits per heavy atom. The molecule has 1 aromatic rings. The van der Waals surface area contributed by atoms with E-state index in [-0.39, 0.29) is 11.3 Å². The fraction of sp³-hybridized carbons (Fsp3) is 0.385. The van der Waals surface area contributed by atoms with Crippen molar-refractivity contribution in [2.24, 2.45) is 5.73 Å². The summed E-state index contributed by atoms with van der Waals surface area (Å²) in [5, 5.41) is 9.17. The molecule has 0 bridgehead atoms. The predicted octanol–water partition coefficient (Wildman–Crippen LogP) is 1.37. The van der Waals surface area contributed by atoms with E-state index >= 15 is 0 Å². The number of nitrogens with zero attached hydrogens (tertiary/aromatic N) is 1. The Bertz CT molecular complexity index is 519. The quantitative estimate of drug-likeness (QED) is 0.865. The number of hydrogen-bond acceptors (Lipinski definition) is 3. The number of piperidine rings is 1. The van der Waals surface area contributed by atoms with E-state index in [2.05, 4.69) is 0 Å². The molecule has 6 heteroatoms. The maximum absolute atomic E-state index is 14.0. The van der Waals surface area contributed by atoms with Crippen LogP contribution in [0.2, 0.25) is 0 Å². The third kappa shape index (κ3) is 2.67. The Labute approximate surface area is 109 Å². The summed E-state index contributed by atoms with van der Waals surface area (Å²) < 4.78 is 14.0. The van der Waals surface area contributed by atoms with E-state index in [4.69, 9.17) is 10.8 Å². The topological polar surface area (TPSA) is 83.6 Å². The second-order valence-electron chi connectivity index (χ2n) is 4.57. The number of primary amides is 1. The molecule has 5 nitrogen and oxygen atoms in total. The highest BCUT2D eigenvalue weighted by Crippen LogP contribution is 2.28. The smallest absolute Gasteiger partial charge is 0.326 e. The van der Waals surface area contributed by atoms with Crippen LogP contribution in [0, 0.1) is 5.82 Å². The number of halogens is 1. The van der Waals surface area contributed by atoms with Crippen molar-refractivity contribution in [1.82, 2.24) is 0 Å².